The lowest BCUT2D eigenvalue weighted by Crippen LogP contribution is -2.05. The van der Waals surface area contributed by atoms with Crippen molar-refractivity contribution < 1.29 is 18.3 Å². The van der Waals surface area contributed by atoms with Crippen LogP contribution in [0.4, 0.5) is 13.2 Å². The second kappa shape index (κ2) is 3.12. The van der Waals surface area contributed by atoms with Crippen molar-refractivity contribution >= 4 is 10.9 Å². The Morgan fingerprint density at radius 1 is 1.13 bits per heavy atom. The van der Waals surface area contributed by atoms with E-state index in [0.29, 0.717) is 5.52 Å². The number of fused-ring (bicyclic) bond motifs is 1. The average Bonchev–Trinajstić information content (AvgIpc) is 2.15. The molecule has 0 unspecified atom stereocenters. The number of aromatic nitrogens is 1. The highest BCUT2D eigenvalue weighted by Crippen LogP contribution is 2.31. The molecule has 1 aromatic heterocycles. The highest BCUT2D eigenvalue weighted by atomic mass is 19.4. The van der Waals surface area contributed by atoms with Crippen molar-refractivity contribution in [2.75, 3.05) is 0 Å². The van der Waals surface area contributed by atoms with Gasteiger partial charge in [-0.2, -0.15) is 13.2 Å². The summed E-state index contributed by atoms with van der Waals surface area (Å²) in [7, 11) is 0. The Morgan fingerprint density at radius 3 is 2.53 bits per heavy atom. The second-order valence-corrected chi connectivity index (χ2v) is 3.10. The summed E-state index contributed by atoms with van der Waals surface area (Å²) in [6.07, 6.45) is -3.63. The lowest BCUT2D eigenvalue weighted by molar-refractivity contribution is -0.137. The van der Waals surface area contributed by atoms with Crippen LogP contribution in [0, 0.1) is 0 Å². The Balaban J connectivity index is 2.64. The molecule has 5 heteroatoms. The third-order valence-corrected chi connectivity index (χ3v) is 1.99. The van der Waals surface area contributed by atoms with E-state index in [9.17, 15) is 13.2 Å². The second-order valence-electron chi connectivity index (χ2n) is 3.10. The number of hydrogen-bond donors (Lipinski definition) is 1. The fraction of sp³-hybridized carbons (Fsp3) is 0.100. The number of rotatable bonds is 0. The number of alkyl halides is 3. The van der Waals surface area contributed by atoms with Crippen molar-refractivity contribution in [3.63, 3.8) is 0 Å². The molecular weight excluding hydrogens is 207 g/mol. The maximum atomic E-state index is 12.3. The zero-order valence-corrected chi connectivity index (χ0v) is 7.42. The average molecular weight is 213 g/mol. The maximum Gasteiger partial charge on any atom is 0.417 e. The fourth-order valence-corrected chi connectivity index (χ4v) is 1.27. The van der Waals surface area contributed by atoms with Gasteiger partial charge in [-0.25, -0.2) is 0 Å². The van der Waals surface area contributed by atoms with E-state index in [0.717, 1.165) is 12.3 Å². The van der Waals surface area contributed by atoms with Gasteiger partial charge in [0.15, 0.2) is 0 Å². The Labute approximate surface area is 83.0 Å². The van der Waals surface area contributed by atoms with Crippen LogP contribution < -0.4 is 0 Å². The summed E-state index contributed by atoms with van der Waals surface area (Å²) >= 11 is 0. The molecular formula is C10H6F3NO. The van der Waals surface area contributed by atoms with Gasteiger partial charge in [0, 0.05) is 11.6 Å². The molecule has 0 aliphatic carbocycles. The molecule has 2 nitrogen and oxygen atoms in total. The van der Waals surface area contributed by atoms with Gasteiger partial charge in [0.05, 0.1) is 11.1 Å². The van der Waals surface area contributed by atoms with Crippen LogP contribution in [0.2, 0.25) is 0 Å². The quantitative estimate of drug-likeness (QED) is 0.729. The highest BCUT2D eigenvalue weighted by molar-refractivity contribution is 5.80. The summed E-state index contributed by atoms with van der Waals surface area (Å²) in [6, 6.07) is 5.05. The largest absolute Gasteiger partial charge is 0.508 e. The zero-order valence-electron chi connectivity index (χ0n) is 7.42. The van der Waals surface area contributed by atoms with Crippen molar-refractivity contribution in [2.45, 2.75) is 6.18 Å². The minimum atomic E-state index is -4.41. The molecule has 0 amide bonds. The number of benzene rings is 1. The van der Waals surface area contributed by atoms with Gasteiger partial charge in [0.1, 0.15) is 5.75 Å². The van der Waals surface area contributed by atoms with Gasteiger partial charge in [-0.1, -0.05) is 0 Å². The van der Waals surface area contributed by atoms with E-state index < -0.39 is 11.7 Å². The van der Waals surface area contributed by atoms with Crippen LogP contribution in [0.1, 0.15) is 5.56 Å². The molecule has 0 radical (unpaired) electrons. The molecule has 0 bridgehead atoms. The third-order valence-electron chi connectivity index (χ3n) is 1.99. The highest BCUT2D eigenvalue weighted by Gasteiger charge is 2.30. The third kappa shape index (κ3) is 1.86. The van der Waals surface area contributed by atoms with Crippen molar-refractivity contribution in [2.24, 2.45) is 0 Å². The van der Waals surface area contributed by atoms with Gasteiger partial charge in [0.25, 0.3) is 0 Å². The van der Waals surface area contributed by atoms with Gasteiger partial charge in [0.2, 0.25) is 0 Å². The van der Waals surface area contributed by atoms with E-state index in [1.165, 1.54) is 18.2 Å². The SMILES string of the molecule is Oc1ccc2ncc(C(F)(F)F)cc2c1. The molecule has 0 saturated heterocycles. The minimum absolute atomic E-state index is 0.0800. The first-order valence-corrected chi connectivity index (χ1v) is 4.13. The predicted octanol–water partition coefficient (Wildman–Crippen LogP) is 2.96. The first-order valence-electron chi connectivity index (χ1n) is 4.13. The first kappa shape index (κ1) is 9.76. The van der Waals surface area contributed by atoms with Crippen molar-refractivity contribution in [3.05, 3.63) is 36.0 Å². The van der Waals surface area contributed by atoms with Crippen LogP contribution in [0.25, 0.3) is 10.9 Å². The zero-order chi connectivity index (χ0) is 11.1. The Morgan fingerprint density at radius 2 is 1.87 bits per heavy atom. The molecule has 2 aromatic rings. The van der Waals surface area contributed by atoms with E-state index in [2.05, 4.69) is 4.98 Å². The summed E-state index contributed by atoms with van der Waals surface area (Å²) in [5.74, 6) is -0.0800. The number of hydrogen-bond acceptors (Lipinski definition) is 2. The van der Waals surface area contributed by atoms with Gasteiger partial charge >= 0.3 is 6.18 Å². The molecule has 0 aliphatic heterocycles. The van der Waals surface area contributed by atoms with Gasteiger partial charge in [-0.15, -0.1) is 0 Å². The van der Waals surface area contributed by atoms with E-state index >= 15 is 0 Å². The number of phenols is 1. The number of halogens is 3. The lowest BCUT2D eigenvalue weighted by atomic mass is 10.1. The van der Waals surface area contributed by atoms with Crippen LogP contribution in [0.5, 0.6) is 5.75 Å². The number of pyridine rings is 1. The maximum absolute atomic E-state index is 12.3. The Kier molecular flexibility index (Phi) is 2.03. The van der Waals surface area contributed by atoms with Gasteiger partial charge < -0.3 is 5.11 Å². The van der Waals surface area contributed by atoms with E-state index in [1.54, 1.807) is 0 Å². The summed E-state index contributed by atoms with van der Waals surface area (Å²) in [5, 5.41) is 9.38. The fourth-order valence-electron chi connectivity index (χ4n) is 1.27. The number of aromatic hydroxyl groups is 1. The number of phenolic OH excluding ortho intramolecular Hbond substituents is 1. The van der Waals surface area contributed by atoms with Gasteiger partial charge in [-0.3, -0.25) is 4.98 Å². The molecule has 0 fully saturated rings. The van der Waals surface area contributed by atoms with Gasteiger partial charge in [-0.05, 0) is 24.3 Å². The predicted molar refractivity (Wildman–Crippen MR) is 48.4 cm³/mol. The molecule has 0 atom stereocenters. The summed E-state index contributed by atoms with van der Waals surface area (Å²) in [4.78, 5) is 3.66. The van der Waals surface area contributed by atoms with Crippen LogP contribution in [-0.4, -0.2) is 10.1 Å². The topological polar surface area (TPSA) is 33.1 Å². The molecule has 15 heavy (non-hydrogen) atoms. The monoisotopic (exact) mass is 213 g/mol. The smallest absolute Gasteiger partial charge is 0.417 e. The molecule has 1 N–H and O–H groups in total. The van der Waals surface area contributed by atoms with Crippen LogP contribution in [0.3, 0.4) is 0 Å². The molecule has 0 saturated carbocycles. The van der Waals surface area contributed by atoms with E-state index in [4.69, 9.17) is 5.11 Å². The molecule has 0 spiro atoms. The van der Waals surface area contributed by atoms with E-state index in [-0.39, 0.29) is 11.1 Å². The summed E-state index contributed by atoms with van der Waals surface area (Å²) in [5.41, 5.74) is -0.401. The summed E-state index contributed by atoms with van der Waals surface area (Å²) < 4.78 is 36.9. The lowest BCUT2D eigenvalue weighted by Gasteiger charge is -2.06. The van der Waals surface area contributed by atoms with Crippen LogP contribution >= 0.6 is 0 Å². The molecule has 1 heterocycles. The Bertz CT molecular complexity index is 507. The first-order chi connectivity index (χ1) is 6.97. The van der Waals surface area contributed by atoms with Crippen LogP contribution in [0.15, 0.2) is 30.5 Å². The van der Waals surface area contributed by atoms with Crippen molar-refractivity contribution in [1.29, 1.82) is 0 Å². The summed E-state index contributed by atoms with van der Waals surface area (Å²) in [6.45, 7) is 0. The van der Waals surface area contributed by atoms with E-state index in [1.807, 2.05) is 0 Å². The standard InChI is InChI=1S/C10H6F3NO/c11-10(12,13)7-3-6-4-8(15)1-2-9(6)14-5-7/h1-5,15H. The molecule has 0 aliphatic rings. The van der Waals surface area contributed by atoms with Crippen LogP contribution in [-0.2, 0) is 6.18 Å². The molecule has 2 rings (SSSR count). The van der Waals surface area contributed by atoms with Crippen molar-refractivity contribution in [1.82, 2.24) is 4.98 Å². The van der Waals surface area contributed by atoms with Crippen molar-refractivity contribution in [3.8, 4) is 5.75 Å². The minimum Gasteiger partial charge on any atom is -0.508 e. The molecule has 1 aromatic carbocycles. The Hall–Kier alpha value is -1.78. The normalized spacial score (nSPS) is 11.9. The number of nitrogens with zero attached hydrogens (tertiary/aromatic N) is 1. The molecule has 78 valence electrons.